The highest BCUT2D eigenvalue weighted by Gasteiger charge is 2.28. The molecule has 7 heteroatoms. The third kappa shape index (κ3) is 3.95. The van der Waals surface area contributed by atoms with Crippen molar-refractivity contribution in [2.45, 2.75) is 27.2 Å². The van der Waals surface area contributed by atoms with E-state index < -0.39 is 0 Å². The van der Waals surface area contributed by atoms with E-state index in [1.807, 2.05) is 54.3 Å². The van der Waals surface area contributed by atoms with Gasteiger partial charge in [-0.15, -0.1) is 0 Å². The Morgan fingerprint density at radius 1 is 1.15 bits per heavy atom. The number of aromatic nitrogens is 4. The van der Waals surface area contributed by atoms with Crippen LogP contribution in [0.5, 0.6) is 0 Å². The van der Waals surface area contributed by atoms with Crippen molar-refractivity contribution in [2.75, 3.05) is 18.8 Å². The van der Waals surface area contributed by atoms with Crippen LogP contribution >= 0.6 is 0 Å². The molecule has 33 heavy (non-hydrogen) atoms. The van der Waals surface area contributed by atoms with Crippen LogP contribution in [-0.2, 0) is 0 Å². The van der Waals surface area contributed by atoms with Crippen LogP contribution in [0.3, 0.4) is 0 Å². The third-order valence-corrected chi connectivity index (χ3v) is 6.62. The molecule has 1 amide bonds. The molecule has 168 valence electrons. The Morgan fingerprint density at radius 3 is 2.64 bits per heavy atom. The molecule has 1 aliphatic rings. The number of rotatable bonds is 4. The minimum Gasteiger partial charge on any atom is -0.382 e. The number of nitrogens with one attached hydrogen (secondary N) is 1. The van der Waals surface area contributed by atoms with Crippen LogP contribution in [0.25, 0.3) is 33.8 Å². The fourth-order valence-corrected chi connectivity index (χ4v) is 4.48. The molecule has 2 aromatic heterocycles. The molecule has 1 saturated heterocycles. The zero-order chi connectivity index (χ0) is 23.1. The van der Waals surface area contributed by atoms with E-state index in [0.29, 0.717) is 40.4 Å². The van der Waals surface area contributed by atoms with Crippen LogP contribution in [0.2, 0.25) is 0 Å². The number of nitrogens with zero attached hydrogens (tertiary/aromatic N) is 4. The summed E-state index contributed by atoms with van der Waals surface area (Å²) in [6.07, 6.45) is 2.73. The summed E-state index contributed by atoms with van der Waals surface area (Å²) in [6.45, 7) is 8.13. The molecule has 1 aliphatic heterocycles. The predicted molar refractivity (Wildman–Crippen MR) is 131 cm³/mol. The monoisotopic (exact) mass is 440 g/mol. The highest BCUT2D eigenvalue weighted by atomic mass is 16.2. The number of anilines is 1. The standard InChI is InChI=1S/C26H28N6O/c1-15(2)19-11-12-32(14-19)26(33)18-9-7-17(8-10-18)21-13-28-24(27)23(29-21)25-30-20-6-4-5-16(3)22(20)31-25/h4-10,13,15,19H,11-12,14H2,1-3H3,(H2,27,28)(H,30,31)/t19-/m1/s1. The molecular formula is C26H28N6O. The van der Waals surface area contributed by atoms with Crippen molar-refractivity contribution in [3.63, 3.8) is 0 Å². The highest BCUT2D eigenvalue weighted by Crippen LogP contribution is 2.28. The van der Waals surface area contributed by atoms with E-state index in [2.05, 4.69) is 28.8 Å². The van der Waals surface area contributed by atoms with E-state index >= 15 is 0 Å². The van der Waals surface area contributed by atoms with E-state index in [1.165, 1.54) is 0 Å². The van der Waals surface area contributed by atoms with E-state index in [1.54, 1.807) is 6.20 Å². The number of likely N-dealkylation sites (tertiary alicyclic amines) is 1. The summed E-state index contributed by atoms with van der Waals surface area (Å²) in [5.41, 5.74) is 11.8. The first-order chi connectivity index (χ1) is 15.9. The van der Waals surface area contributed by atoms with Gasteiger partial charge in [-0.25, -0.2) is 15.0 Å². The number of hydrogen-bond acceptors (Lipinski definition) is 5. The van der Waals surface area contributed by atoms with Gasteiger partial charge in [0.1, 0.15) is 5.69 Å². The molecule has 0 radical (unpaired) electrons. The maximum Gasteiger partial charge on any atom is 0.253 e. The molecule has 7 nitrogen and oxygen atoms in total. The molecule has 0 bridgehead atoms. The van der Waals surface area contributed by atoms with Gasteiger partial charge >= 0.3 is 0 Å². The zero-order valence-electron chi connectivity index (χ0n) is 19.2. The van der Waals surface area contributed by atoms with Gasteiger partial charge in [0.05, 0.1) is 22.9 Å². The first-order valence-electron chi connectivity index (χ1n) is 11.4. The number of imidazole rings is 1. The van der Waals surface area contributed by atoms with Crippen molar-refractivity contribution >= 4 is 22.8 Å². The first kappa shape index (κ1) is 21.1. The number of benzene rings is 2. The van der Waals surface area contributed by atoms with Crippen molar-refractivity contribution in [1.82, 2.24) is 24.8 Å². The molecule has 1 atom stereocenters. The third-order valence-electron chi connectivity index (χ3n) is 6.62. The SMILES string of the molecule is Cc1cccc2[nH]c(-c3nc(-c4ccc(C(=O)N5CC[C@@H](C(C)C)C5)cc4)cnc3N)nc12. The van der Waals surface area contributed by atoms with Crippen molar-refractivity contribution in [1.29, 1.82) is 0 Å². The van der Waals surface area contributed by atoms with Crippen molar-refractivity contribution in [2.24, 2.45) is 11.8 Å². The minimum atomic E-state index is 0.0893. The van der Waals surface area contributed by atoms with E-state index in [4.69, 9.17) is 10.7 Å². The van der Waals surface area contributed by atoms with Gasteiger partial charge in [-0.3, -0.25) is 4.79 Å². The van der Waals surface area contributed by atoms with Crippen LogP contribution in [-0.4, -0.2) is 43.8 Å². The molecular weight excluding hydrogens is 412 g/mol. The molecule has 3 N–H and O–H groups in total. The number of nitrogens with two attached hydrogens (primary N) is 1. The Labute approximate surface area is 193 Å². The number of hydrogen-bond donors (Lipinski definition) is 2. The average molecular weight is 441 g/mol. The second kappa shape index (κ2) is 8.31. The fraction of sp³-hybridized carbons (Fsp3) is 0.308. The summed E-state index contributed by atoms with van der Waals surface area (Å²) in [4.78, 5) is 32.0. The van der Waals surface area contributed by atoms with Crippen LogP contribution in [0, 0.1) is 18.8 Å². The Bertz CT molecular complexity index is 1320. The lowest BCUT2D eigenvalue weighted by Crippen LogP contribution is -2.29. The molecule has 0 spiro atoms. The van der Waals surface area contributed by atoms with Crippen LogP contribution in [0.15, 0.2) is 48.7 Å². The maximum absolute atomic E-state index is 12.9. The number of carbonyl (C=O) groups excluding carboxylic acids is 1. The number of aromatic amines is 1. The number of fused-ring (bicyclic) bond motifs is 1. The average Bonchev–Trinajstić information content (AvgIpc) is 3.48. The molecule has 0 unspecified atom stereocenters. The summed E-state index contributed by atoms with van der Waals surface area (Å²) < 4.78 is 0. The fourth-order valence-electron chi connectivity index (χ4n) is 4.48. The number of H-pyrrole nitrogens is 1. The first-order valence-corrected chi connectivity index (χ1v) is 11.4. The second-order valence-corrected chi connectivity index (χ2v) is 9.17. The molecule has 1 fully saturated rings. The predicted octanol–water partition coefficient (Wildman–Crippen LogP) is 4.70. The van der Waals surface area contributed by atoms with Crippen LogP contribution < -0.4 is 5.73 Å². The highest BCUT2D eigenvalue weighted by molar-refractivity contribution is 5.95. The molecule has 0 aliphatic carbocycles. The normalized spacial score (nSPS) is 16.1. The topological polar surface area (TPSA) is 101 Å². The van der Waals surface area contributed by atoms with Gasteiger partial charge in [0, 0.05) is 24.2 Å². The number of nitrogen functional groups attached to an aromatic ring is 1. The number of carbonyl (C=O) groups is 1. The summed E-state index contributed by atoms with van der Waals surface area (Å²) in [6, 6.07) is 13.5. The second-order valence-electron chi connectivity index (χ2n) is 9.17. The molecule has 5 rings (SSSR count). The largest absolute Gasteiger partial charge is 0.382 e. The van der Waals surface area contributed by atoms with Crippen molar-refractivity contribution < 1.29 is 4.79 Å². The van der Waals surface area contributed by atoms with Gasteiger partial charge < -0.3 is 15.6 Å². The molecule has 0 saturated carbocycles. The minimum absolute atomic E-state index is 0.0893. The number of para-hydroxylation sites is 1. The Morgan fingerprint density at radius 2 is 1.94 bits per heavy atom. The van der Waals surface area contributed by atoms with Gasteiger partial charge in [-0.05, 0) is 48.9 Å². The van der Waals surface area contributed by atoms with Gasteiger partial charge in [0.25, 0.3) is 5.91 Å². The van der Waals surface area contributed by atoms with E-state index in [0.717, 1.165) is 41.7 Å². The summed E-state index contributed by atoms with van der Waals surface area (Å²) in [5, 5.41) is 0. The smallest absolute Gasteiger partial charge is 0.253 e. The Hall–Kier alpha value is -3.74. The van der Waals surface area contributed by atoms with E-state index in [9.17, 15) is 4.79 Å². The lowest BCUT2D eigenvalue weighted by molar-refractivity contribution is 0.0784. The Kier molecular flexibility index (Phi) is 5.32. The lowest BCUT2D eigenvalue weighted by atomic mass is 9.95. The van der Waals surface area contributed by atoms with Gasteiger partial charge in [0.2, 0.25) is 0 Å². The van der Waals surface area contributed by atoms with Gasteiger partial charge in [-0.2, -0.15) is 0 Å². The van der Waals surface area contributed by atoms with Gasteiger partial charge in [-0.1, -0.05) is 38.1 Å². The zero-order valence-corrected chi connectivity index (χ0v) is 19.2. The quantitative estimate of drug-likeness (QED) is 0.479. The number of aryl methyl sites for hydroxylation is 1. The Balaban J connectivity index is 1.41. The summed E-state index contributed by atoms with van der Waals surface area (Å²) in [7, 11) is 0. The lowest BCUT2D eigenvalue weighted by Gasteiger charge is -2.18. The van der Waals surface area contributed by atoms with Gasteiger partial charge in [0.15, 0.2) is 11.6 Å². The van der Waals surface area contributed by atoms with Crippen LogP contribution in [0.1, 0.15) is 36.2 Å². The molecule has 4 aromatic rings. The molecule has 3 heterocycles. The summed E-state index contributed by atoms with van der Waals surface area (Å²) >= 11 is 0. The summed E-state index contributed by atoms with van der Waals surface area (Å²) in [5.74, 6) is 2.17. The van der Waals surface area contributed by atoms with E-state index in [-0.39, 0.29) is 5.91 Å². The number of amides is 1. The van der Waals surface area contributed by atoms with Crippen molar-refractivity contribution in [3.8, 4) is 22.8 Å². The molecule has 2 aromatic carbocycles. The van der Waals surface area contributed by atoms with Crippen molar-refractivity contribution in [3.05, 3.63) is 59.8 Å². The maximum atomic E-state index is 12.9. The van der Waals surface area contributed by atoms with Crippen LogP contribution in [0.4, 0.5) is 5.82 Å².